The number of benzene rings is 1. The van der Waals surface area contributed by atoms with E-state index in [0.717, 1.165) is 0 Å². The molecule has 1 heterocycles. The molecule has 1 unspecified atom stereocenters. The molecule has 0 radical (unpaired) electrons. The van der Waals surface area contributed by atoms with Crippen molar-refractivity contribution < 1.29 is 69.4 Å². The van der Waals surface area contributed by atoms with Crippen LogP contribution in [0.4, 0.5) is 0 Å². The fourth-order valence-electron chi connectivity index (χ4n) is 7.00. The van der Waals surface area contributed by atoms with E-state index in [1.165, 1.54) is 0 Å². The molecule has 69 heavy (non-hydrogen) atoms. The molecular formula is C45H76N7O15S2-. The Morgan fingerprint density at radius 2 is 1.04 bits per heavy atom. The van der Waals surface area contributed by atoms with Crippen LogP contribution < -0.4 is 20.7 Å². The van der Waals surface area contributed by atoms with Crippen LogP contribution in [0.1, 0.15) is 86.3 Å². The number of esters is 3. The Morgan fingerprint density at radius 1 is 0.667 bits per heavy atom. The first kappa shape index (κ1) is 60.8. The number of hydrogen-bond donors (Lipinski definition) is 4. The minimum Gasteiger partial charge on any atom is -0.768 e. The van der Waals surface area contributed by atoms with Crippen molar-refractivity contribution in [3.8, 4) is 5.75 Å². The van der Waals surface area contributed by atoms with E-state index in [4.69, 9.17) is 18.9 Å². The molecule has 22 nitrogen and oxygen atoms in total. The summed E-state index contributed by atoms with van der Waals surface area (Å²) in [5, 5.41) is 7.51. The molecule has 0 saturated carbocycles. The first-order valence-corrected chi connectivity index (χ1v) is 25.6. The van der Waals surface area contributed by atoms with Gasteiger partial charge in [0.25, 0.3) is 10.1 Å². The van der Waals surface area contributed by atoms with Crippen LogP contribution in [-0.4, -0.2) is 204 Å². The summed E-state index contributed by atoms with van der Waals surface area (Å²) in [6.07, 6.45) is 0.388. The molecule has 2 atom stereocenters. The molecule has 3 amide bonds. The standard InChI is InChI=1S/C45H77N7O15S2/c1-32-25-34(26-33(2)41(32)68(59)60)64-24-12-13-36(53)46-14-15-47-42(58)35(31-69(61,62)63)48-37(54)27-49-16-18-50(28-38(55)65-43(3,4)5)20-22-52(30-40(57)67-45(9,10)11)23-21-51(19-17-49)29-39(56)66-44(6,7)8/h25-26,35H,12-24,27-31H2,1-11H3,(H,46,53)(H,47,58)(H,48,54)(H,59,60)(H,61,62,63)/p-1/t35-/m0/s1. The van der Waals surface area contributed by atoms with Gasteiger partial charge < -0.3 is 39.5 Å². The van der Waals surface area contributed by atoms with Gasteiger partial charge in [-0.3, -0.25) is 57.1 Å². The molecule has 0 spiro atoms. The highest BCUT2D eigenvalue weighted by molar-refractivity contribution is 7.85. The van der Waals surface area contributed by atoms with Gasteiger partial charge in [-0.25, -0.2) is 0 Å². The van der Waals surface area contributed by atoms with Crippen molar-refractivity contribution in [1.82, 2.24) is 35.6 Å². The van der Waals surface area contributed by atoms with Crippen LogP contribution in [-0.2, 0) is 64.2 Å². The summed E-state index contributed by atoms with van der Waals surface area (Å²) in [5.74, 6) is -4.15. The highest BCUT2D eigenvalue weighted by atomic mass is 32.2. The Kier molecular flexibility index (Phi) is 24.6. The number of ether oxygens (including phenoxy) is 4. The Hall–Kier alpha value is -4.30. The number of amides is 3. The largest absolute Gasteiger partial charge is 0.768 e. The fourth-order valence-corrected chi connectivity index (χ4v) is 8.29. The average Bonchev–Trinajstić information content (AvgIpc) is 3.15. The van der Waals surface area contributed by atoms with E-state index >= 15 is 0 Å². The molecule has 0 aromatic heterocycles. The third-order valence-electron chi connectivity index (χ3n) is 9.81. The molecule has 1 saturated heterocycles. The molecule has 2 rings (SSSR count). The molecule has 1 aliphatic rings. The minimum atomic E-state index is -4.78. The minimum absolute atomic E-state index is 0.0453. The summed E-state index contributed by atoms with van der Waals surface area (Å²) in [7, 11) is -4.78. The maximum atomic E-state index is 13.6. The SMILES string of the molecule is Cc1cc(OCCCC(=O)NCCNC(=O)[C@H](CS(=O)(=O)O)NC(=O)CN2CCN(CC(=O)OC(C)(C)C)CCN(CC(=O)OC(C)(C)C)CCN(CC(=O)OC(C)(C)C)CC2)cc(C)c1S(=O)[O-]. The number of rotatable bonds is 21. The zero-order chi connectivity index (χ0) is 52.3. The third-order valence-corrected chi connectivity index (χ3v) is 11.5. The van der Waals surface area contributed by atoms with Gasteiger partial charge in [0.2, 0.25) is 17.7 Å². The summed E-state index contributed by atoms with van der Waals surface area (Å²) in [6.45, 7) is 20.5. The van der Waals surface area contributed by atoms with Crippen molar-refractivity contribution in [3.05, 3.63) is 23.3 Å². The van der Waals surface area contributed by atoms with Crippen LogP contribution in [0.5, 0.6) is 5.75 Å². The van der Waals surface area contributed by atoms with E-state index in [9.17, 15) is 50.5 Å². The van der Waals surface area contributed by atoms with Crippen molar-refractivity contribution in [2.24, 2.45) is 0 Å². The molecule has 1 aliphatic heterocycles. The van der Waals surface area contributed by atoms with Crippen LogP contribution in [0.3, 0.4) is 0 Å². The third kappa shape index (κ3) is 27.6. The number of carbonyl (C=O) groups is 6. The summed E-state index contributed by atoms with van der Waals surface area (Å²) in [4.78, 5) is 85.9. The Labute approximate surface area is 410 Å². The monoisotopic (exact) mass is 1020 g/mol. The Bertz CT molecular complexity index is 1970. The Morgan fingerprint density at radius 3 is 1.41 bits per heavy atom. The van der Waals surface area contributed by atoms with E-state index in [1.54, 1.807) is 93.2 Å². The summed E-state index contributed by atoms with van der Waals surface area (Å²) in [5.41, 5.74) is -1.18. The summed E-state index contributed by atoms with van der Waals surface area (Å²) in [6, 6.07) is 1.47. The normalized spacial score (nSPS) is 16.5. The lowest BCUT2D eigenvalue weighted by molar-refractivity contribution is -0.158. The van der Waals surface area contributed by atoms with Crippen molar-refractivity contribution in [2.45, 2.75) is 117 Å². The molecule has 394 valence electrons. The van der Waals surface area contributed by atoms with Crippen LogP contribution in [0.25, 0.3) is 0 Å². The van der Waals surface area contributed by atoms with Gasteiger partial charge >= 0.3 is 17.9 Å². The van der Waals surface area contributed by atoms with Gasteiger partial charge in [0.05, 0.1) is 32.8 Å². The first-order chi connectivity index (χ1) is 31.8. The molecule has 4 N–H and O–H groups in total. The zero-order valence-electron chi connectivity index (χ0n) is 42.2. The van der Waals surface area contributed by atoms with Crippen molar-refractivity contribution in [1.29, 1.82) is 0 Å². The number of nitrogens with one attached hydrogen (secondary N) is 3. The second kappa shape index (κ2) is 27.9. The molecule has 0 aliphatic carbocycles. The van der Waals surface area contributed by atoms with E-state index < -0.39 is 79.5 Å². The average molecular weight is 1020 g/mol. The highest BCUT2D eigenvalue weighted by Gasteiger charge is 2.29. The van der Waals surface area contributed by atoms with Crippen LogP contribution in [0, 0.1) is 13.8 Å². The predicted octanol–water partition coefficient (Wildman–Crippen LogP) is 0.552. The van der Waals surface area contributed by atoms with Gasteiger partial charge in [0.1, 0.15) is 34.3 Å². The lowest BCUT2D eigenvalue weighted by Crippen LogP contribution is -2.54. The number of nitrogens with zero attached hydrogens (tertiary/aromatic N) is 4. The summed E-state index contributed by atoms with van der Waals surface area (Å²) < 4.78 is 79.1. The molecule has 1 aromatic carbocycles. The molecular weight excluding hydrogens is 943 g/mol. The molecule has 24 heteroatoms. The topological polar surface area (TPSA) is 283 Å². The van der Waals surface area contributed by atoms with Gasteiger partial charge in [0.15, 0.2) is 0 Å². The van der Waals surface area contributed by atoms with E-state index in [1.807, 2.05) is 14.7 Å². The quantitative estimate of drug-likeness (QED) is 0.0430. The van der Waals surface area contributed by atoms with Gasteiger partial charge in [-0.05, 0) is 117 Å². The van der Waals surface area contributed by atoms with Crippen molar-refractivity contribution in [3.63, 3.8) is 0 Å². The van der Waals surface area contributed by atoms with E-state index in [2.05, 4.69) is 16.0 Å². The molecule has 1 fully saturated rings. The lowest BCUT2D eigenvalue weighted by atomic mass is 10.1. The van der Waals surface area contributed by atoms with Gasteiger partial charge in [0, 0.05) is 76.8 Å². The van der Waals surface area contributed by atoms with Gasteiger partial charge in [-0.2, -0.15) is 8.42 Å². The lowest BCUT2D eigenvalue weighted by Gasteiger charge is -2.34. The van der Waals surface area contributed by atoms with E-state index in [0.29, 0.717) is 49.5 Å². The van der Waals surface area contributed by atoms with Crippen molar-refractivity contribution >= 4 is 56.8 Å². The van der Waals surface area contributed by atoms with Gasteiger partial charge in [-0.1, -0.05) is 0 Å². The maximum absolute atomic E-state index is 13.6. The predicted molar refractivity (Wildman–Crippen MR) is 255 cm³/mol. The summed E-state index contributed by atoms with van der Waals surface area (Å²) >= 11 is -2.39. The first-order valence-electron chi connectivity index (χ1n) is 22.9. The van der Waals surface area contributed by atoms with Gasteiger partial charge in [-0.15, -0.1) is 0 Å². The Balaban J connectivity index is 2.16. The smallest absolute Gasteiger partial charge is 0.320 e. The molecule has 0 bridgehead atoms. The zero-order valence-corrected chi connectivity index (χ0v) is 43.9. The second-order valence-electron chi connectivity index (χ2n) is 19.9. The van der Waals surface area contributed by atoms with Crippen LogP contribution in [0.15, 0.2) is 17.0 Å². The highest BCUT2D eigenvalue weighted by Crippen LogP contribution is 2.24. The van der Waals surface area contributed by atoms with Crippen molar-refractivity contribution in [2.75, 3.05) is 104 Å². The maximum Gasteiger partial charge on any atom is 0.320 e. The van der Waals surface area contributed by atoms with E-state index in [-0.39, 0.29) is 89.3 Å². The van der Waals surface area contributed by atoms with Crippen LogP contribution in [0.2, 0.25) is 0 Å². The second-order valence-corrected chi connectivity index (χ2v) is 22.3. The fraction of sp³-hybridized carbons (Fsp3) is 0.733. The number of aryl methyl sites for hydroxylation is 2. The molecule has 1 aromatic rings. The number of hydrogen-bond acceptors (Lipinski definition) is 18. The number of carbonyl (C=O) groups excluding carboxylic acids is 6. The van der Waals surface area contributed by atoms with Crippen LogP contribution >= 0.6 is 0 Å².